The summed E-state index contributed by atoms with van der Waals surface area (Å²) in [6, 6.07) is 0.892. The maximum Gasteiger partial charge on any atom is 0.00684 e. The minimum Gasteiger partial charge on any atom is -0.313 e. The quantitative estimate of drug-likeness (QED) is 0.783. The summed E-state index contributed by atoms with van der Waals surface area (Å²) in [5.74, 6) is 1.06. The highest BCUT2D eigenvalue weighted by atomic mass is 15.0. The van der Waals surface area contributed by atoms with Crippen LogP contribution in [0.2, 0.25) is 0 Å². The van der Waals surface area contributed by atoms with Crippen LogP contribution in [-0.2, 0) is 0 Å². The smallest absolute Gasteiger partial charge is 0.00684 e. The molecule has 4 bridgehead atoms. The highest BCUT2D eigenvalue weighted by Crippen LogP contribution is 2.69. The number of nitrogens with one attached hydrogen (secondary N) is 1. The van der Waals surface area contributed by atoms with Crippen LogP contribution in [0.5, 0.6) is 0 Å². The maximum absolute atomic E-state index is 3.85. The van der Waals surface area contributed by atoms with Gasteiger partial charge in [-0.15, -0.1) is 0 Å². The fourth-order valence-corrected chi connectivity index (χ4v) is 6.53. The first-order valence-electron chi connectivity index (χ1n) is 7.72. The molecule has 0 aromatic rings. The second-order valence-electron chi connectivity index (χ2n) is 8.79. The van der Waals surface area contributed by atoms with Gasteiger partial charge in [0.15, 0.2) is 0 Å². The lowest BCUT2D eigenvalue weighted by atomic mass is 9.40. The summed E-state index contributed by atoms with van der Waals surface area (Å²) in [4.78, 5) is 0. The summed E-state index contributed by atoms with van der Waals surface area (Å²) in [7, 11) is 0. The molecule has 5 rings (SSSR count). The standard InChI is InChI=1S/C16H27N/c1-14-5-12-6-15(2,8-14)10-16(7-12,9-14)11-17-13-3-4-13/h12-13,17H,3-11H2,1-2H3. The van der Waals surface area contributed by atoms with Crippen molar-refractivity contribution >= 4 is 0 Å². The highest BCUT2D eigenvalue weighted by Gasteiger charge is 2.59. The molecule has 0 radical (unpaired) electrons. The first kappa shape index (κ1) is 10.8. The van der Waals surface area contributed by atoms with Gasteiger partial charge in [-0.1, -0.05) is 13.8 Å². The van der Waals surface area contributed by atoms with Crippen LogP contribution in [0.4, 0.5) is 0 Å². The van der Waals surface area contributed by atoms with Crippen molar-refractivity contribution in [2.45, 2.75) is 71.3 Å². The topological polar surface area (TPSA) is 12.0 Å². The van der Waals surface area contributed by atoms with E-state index in [0.717, 1.165) is 12.0 Å². The van der Waals surface area contributed by atoms with Gasteiger partial charge in [0, 0.05) is 12.6 Å². The lowest BCUT2D eigenvalue weighted by Gasteiger charge is -2.65. The molecule has 0 aromatic carbocycles. The molecule has 5 aliphatic carbocycles. The zero-order valence-electron chi connectivity index (χ0n) is 11.5. The van der Waals surface area contributed by atoms with Gasteiger partial charge in [0.05, 0.1) is 0 Å². The normalized spacial score (nSPS) is 56.5. The summed E-state index contributed by atoms with van der Waals surface area (Å²) >= 11 is 0. The number of hydrogen-bond donors (Lipinski definition) is 1. The predicted molar refractivity (Wildman–Crippen MR) is 70.9 cm³/mol. The van der Waals surface area contributed by atoms with Crippen molar-refractivity contribution in [1.29, 1.82) is 0 Å². The molecule has 0 aliphatic heterocycles. The Kier molecular flexibility index (Phi) is 1.98. The van der Waals surface area contributed by atoms with E-state index in [9.17, 15) is 0 Å². The fourth-order valence-electron chi connectivity index (χ4n) is 6.53. The van der Waals surface area contributed by atoms with Gasteiger partial charge >= 0.3 is 0 Å². The third-order valence-corrected chi connectivity index (χ3v) is 6.08. The van der Waals surface area contributed by atoms with Gasteiger partial charge in [0.1, 0.15) is 0 Å². The Bertz CT molecular complexity index is 325. The monoisotopic (exact) mass is 233 g/mol. The van der Waals surface area contributed by atoms with Crippen LogP contribution in [0.3, 0.4) is 0 Å². The van der Waals surface area contributed by atoms with Crippen LogP contribution in [0, 0.1) is 22.2 Å². The Morgan fingerprint density at radius 3 is 2.12 bits per heavy atom. The molecule has 96 valence electrons. The predicted octanol–water partition coefficient (Wildman–Crippen LogP) is 3.74. The summed E-state index contributed by atoms with van der Waals surface area (Å²) < 4.78 is 0. The largest absolute Gasteiger partial charge is 0.313 e. The van der Waals surface area contributed by atoms with Crippen LogP contribution < -0.4 is 5.32 Å². The summed E-state index contributed by atoms with van der Waals surface area (Å²) in [6.07, 6.45) is 12.0. The first-order chi connectivity index (χ1) is 7.99. The second kappa shape index (κ2) is 3.10. The SMILES string of the molecule is CC12CC3CC(C)(C1)CC(CNC1CC1)(C3)C2. The second-order valence-corrected chi connectivity index (χ2v) is 8.79. The molecule has 17 heavy (non-hydrogen) atoms. The molecular formula is C16H27N. The van der Waals surface area contributed by atoms with E-state index in [1.807, 2.05) is 0 Å². The molecule has 0 heterocycles. The third-order valence-electron chi connectivity index (χ3n) is 6.08. The van der Waals surface area contributed by atoms with Gasteiger partial charge in [-0.3, -0.25) is 0 Å². The van der Waals surface area contributed by atoms with E-state index >= 15 is 0 Å². The lowest BCUT2D eigenvalue weighted by molar-refractivity contribution is -0.143. The Balaban J connectivity index is 1.58. The Morgan fingerprint density at radius 1 is 0.941 bits per heavy atom. The van der Waals surface area contributed by atoms with Crippen LogP contribution in [0.15, 0.2) is 0 Å². The van der Waals surface area contributed by atoms with Crippen molar-refractivity contribution in [1.82, 2.24) is 5.32 Å². The Hall–Kier alpha value is -0.0400. The van der Waals surface area contributed by atoms with Crippen LogP contribution in [-0.4, -0.2) is 12.6 Å². The Labute approximate surface area is 106 Å². The minimum atomic E-state index is 0.686. The van der Waals surface area contributed by atoms with Crippen LogP contribution in [0.25, 0.3) is 0 Å². The van der Waals surface area contributed by atoms with E-state index in [4.69, 9.17) is 0 Å². The average molecular weight is 233 g/mol. The molecule has 2 unspecified atom stereocenters. The van der Waals surface area contributed by atoms with Gasteiger partial charge in [-0.25, -0.2) is 0 Å². The molecule has 5 aliphatic rings. The summed E-state index contributed by atoms with van der Waals surface area (Å²) in [6.45, 7) is 6.50. The molecule has 0 saturated heterocycles. The minimum absolute atomic E-state index is 0.686. The van der Waals surface area contributed by atoms with E-state index < -0.39 is 0 Å². The molecule has 5 fully saturated rings. The molecule has 1 nitrogen and oxygen atoms in total. The van der Waals surface area contributed by atoms with Crippen molar-refractivity contribution in [3.63, 3.8) is 0 Å². The van der Waals surface area contributed by atoms with Crippen LogP contribution >= 0.6 is 0 Å². The van der Waals surface area contributed by atoms with Gasteiger partial charge in [0.25, 0.3) is 0 Å². The van der Waals surface area contributed by atoms with Crippen molar-refractivity contribution in [2.24, 2.45) is 22.2 Å². The van der Waals surface area contributed by atoms with E-state index in [2.05, 4.69) is 19.2 Å². The zero-order valence-corrected chi connectivity index (χ0v) is 11.5. The number of hydrogen-bond acceptors (Lipinski definition) is 1. The van der Waals surface area contributed by atoms with Gasteiger partial charge in [0.2, 0.25) is 0 Å². The van der Waals surface area contributed by atoms with Gasteiger partial charge < -0.3 is 5.32 Å². The zero-order chi connectivity index (χ0) is 11.7. The van der Waals surface area contributed by atoms with E-state index in [1.165, 1.54) is 57.9 Å². The average Bonchev–Trinajstić information content (AvgIpc) is 2.91. The molecular weight excluding hydrogens is 206 g/mol. The maximum atomic E-state index is 3.85. The van der Waals surface area contributed by atoms with Gasteiger partial charge in [-0.2, -0.15) is 0 Å². The Morgan fingerprint density at radius 2 is 1.59 bits per heavy atom. The fraction of sp³-hybridized carbons (Fsp3) is 1.00. The van der Waals surface area contributed by atoms with Crippen molar-refractivity contribution < 1.29 is 0 Å². The van der Waals surface area contributed by atoms with Crippen molar-refractivity contribution in [3.8, 4) is 0 Å². The molecule has 0 aromatic heterocycles. The number of rotatable bonds is 3. The van der Waals surface area contributed by atoms with Gasteiger partial charge in [-0.05, 0) is 73.5 Å². The third kappa shape index (κ3) is 1.77. The first-order valence-corrected chi connectivity index (χ1v) is 7.72. The molecule has 0 amide bonds. The molecule has 5 saturated carbocycles. The molecule has 1 N–H and O–H groups in total. The van der Waals surface area contributed by atoms with E-state index in [1.54, 1.807) is 0 Å². The summed E-state index contributed by atoms with van der Waals surface area (Å²) in [5, 5.41) is 3.85. The lowest BCUT2D eigenvalue weighted by Crippen LogP contribution is -2.57. The molecule has 2 atom stereocenters. The summed E-state index contributed by atoms with van der Waals surface area (Å²) in [5.41, 5.74) is 2.07. The van der Waals surface area contributed by atoms with Crippen molar-refractivity contribution in [3.05, 3.63) is 0 Å². The van der Waals surface area contributed by atoms with Crippen LogP contribution in [0.1, 0.15) is 65.2 Å². The molecule has 1 heteroatoms. The van der Waals surface area contributed by atoms with E-state index in [-0.39, 0.29) is 0 Å². The van der Waals surface area contributed by atoms with Crippen molar-refractivity contribution in [2.75, 3.05) is 6.54 Å². The van der Waals surface area contributed by atoms with E-state index in [0.29, 0.717) is 16.2 Å². The molecule has 0 spiro atoms. The highest BCUT2D eigenvalue weighted by molar-refractivity contribution is 5.11.